The van der Waals surface area contributed by atoms with Crippen LogP contribution < -0.4 is 10.1 Å². The molecule has 0 bridgehead atoms. The van der Waals surface area contributed by atoms with Crippen molar-refractivity contribution in [2.24, 2.45) is 11.8 Å². The van der Waals surface area contributed by atoms with Crippen LogP contribution in [0.15, 0.2) is 24.3 Å². The number of benzene rings is 1. The van der Waals surface area contributed by atoms with Gasteiger partial charge in [-0.3, -0.25) is 9.59 Å². The fourth-order valence-electron chi connectivity index (χ4n) is 1.93. The van der Waals surface area contributed by atoms with E-state index in [4.69, 9.17) is 9.84 Å². The molecule has 2 rings (SSSR count). The molecule has 5 nitrogen and oxygen atoms in total. The molecule has 1 saturated carbocycles. The minimum absolute atomic E-state index is 0.129. The third-order valence-electron chi connectivity index (χ3n) is 3.17. The van der Waals surface area contributed by atoms with E-state index in [0.29, 0.717) is 6.42 Å². The lowest BCUT2D eigenvalue weighted by Gasteiger charge is -2.15. The molecule has 0 aliphatic heterocycles. The number of halogens is 1. The Morgan fingerprint density at radius 1 is 1.45 bits per heavy atom. The van der Waals surface area contributed by atoms with E-state index in [0.717, 1.165) is 0 Å². The number of aliphatic carboxylic acids is 1. The van der Waals surface area contributed by atoms with Crippen LogP contribution in [0.5, 0.6) is 5.75 Å². The van der Waals surface area contributed by atoms with E-state index in [2.05, 4.69) is 5.32 Å². The summed E-state index contributed by atoms with van der Waals surface area (Å²) in [7, 11) is 0. The lowest BCUT2D eigenvalue weighted by molar-refractivity contribution is -0.140. The highest BCUT2D eigenvalue weighted by Gasteiger charge is 2.48. The van der Waals surface area contributed by atoms with Gasteiger partial charge >= 0.3 is 5.97 Å². The first-order valence-electron chi connectivity index (χ1n) is 6.40. The van der Waals surface area contributed by atoms with Gasteiger partial charge in [-0.25, -0.2) is 4.39 Å². The molecular weight excluding hydrogens is 265 g/mol. The molecule has 2 N–H and O–H groups in total. The Morgan fingerprint density at radius 3 is 2.75 bits per heavy atom. The Morgan fingerprint density at radius 2 is 2.15 bits per heavy atom. The van der Waals surface area contributed by atoms with Crippen LogP contribution in [-0.4, -0.2) is 29.6 Å². The van der Waals surface area contributed by atoms with Crippen LogP contribution in [0.1, 0.15) is 13.3 Å². The molecule has 1 amide bonds. The fourth-order valence-corrected chi connectivity index (χ4v) is 1.93. The van der Waals surface area contributed by atoms with Crippen LogP contribution in [0.25, 0.3) is 0 Å². The Hall–Kier alpha value is -2.11. The average Bonchev–Trinajstić information content (AvgIpc) is 3.19. The number of carbonyl (C=O) groups is 2. The molecule has 0 aromatic heterocycles. The van der Waals surface area contributed by atoms with Crippen LogP contribution in [0.4, 0.5) is 4.39 Å². The molecule has 1 fully saturated rings. The zero-order valence-corrected chi connectivity index (χ0v) is 11.0. The van der Waals surface area contributed by atoms with E-state index < -0.39 is 29.7 Å². The van der Waals surface area contributed by atoms with Crippen LogP contribution in [0.3, 0.4) is 0 Å². The van der Waals surface area contributed by atoms with Crippen molar-refractivity contribution >= 4 is 11.9 Å². The molecule has 1 aliphatic carbocycles. The van der Waals surface area contributed by atoms with Crippen LogP contribution in [0, 0.1) is 17.7 Å². The van der Waals surface area contributed by atoms with Crippen molar-refractivity contribution in [1.29, 1.82) is 0 Å². The maximum absolute atomic E-state index is 13.3. The second kappa shape index (κ2) is 5.90. The van der Waals surface area contributed by atoms with E-state index in [-0.39, 0.29) is 18.2 Å². The molecule has 0 heterocycles. The van der Waals surface area contributed by atoms with Gasteiger partial charge in [0, 0.05) is 0 Å². The number of rotatable bonds is 6. The molecule has 20 heavy (non-hydrogen) atoms. The average molecular weight is 281 g/mol. The number of hydrogen-bond acceptors (Lipinski definition) is 3. The van der Waals surface area contributed by atoms with Gasteiger partial charge in [0.1, 0.15) is 6.10 Å². The lowest BCUT2D eigenvalue weighted by Crippen LogP contribution is -2.35. The molecule has 3 atom stereocenters. The summed E-state index contributed by atoms with van der Waals surface area (Å²) in [5.41, 5.74) is 0. The van der Waals surface area contributed by atoms with Crippen molar-refractivity contribution in [2.45, 2.75) is 19.4 Å². The van der Waals surface area contributed by atoms with E-state index in [1.54, 1.807) is 19.1 Å². The molecule has 1 aliphatic rings. The first kappa shape index (κ1) is 14.3. The van der Waals surface area contributed by atoms with E-state index in [1.807, 2.05) is 0 Å². The molecule has 0 saturated heterocycles. The van der Waals surface area contributed by atoms with E-state index in [9.17, 15) is 14.0 Å². The standard InChI is InChI=1S/C14H16FNO4/c1-8(20-12-5-3-2-4-11(12)15)7-16-13(17)9-6-10(9)14(18)19/h2-5,8-10H,6-7H2,1H3,(H,16,17)(H,18,19)/t8-,9-,10-/m1/s1. The van der Waals surface area contributed by atoms with Crippen LogP contribution in [-0.2, 0) is 9.59 Å². The highest BCUT2D eigenvalue weighted by Crippen LogP contribution is 2.38. The van der Waals surface area contributed by atoms with Gasteiger partial charge < -0.3 is 15.2 Å². The van der Waals surface area contributed by atoms with Crippen molar-refractivity contribution in [3.05, 3.63) is 30.1 Å². The number of para-hydroxylation sites is 1. The topological polar surface area (TPSA) is 75.6 Å². The summed E-state index contributed by atoms with van der Waals surface area (Å²) in [4.78, 5) is 22.3. The summed E-state index contributed by atoms with van der Waals surface area (Å²) >= 11 is 0. The Bertz CT molecular complexity index is 520. The van der Waals surface area contributed by atoms with Gasteiger partial charge in [-0.05, 0) is 25.5 Å². The SMILES string of the molecule is C[C@H](CNC(=O)[C@@H]1C[C@H]1C(=O)O)Oc1ccccc1F. The maximum Gasteiger partial charge on any atom is 0.307 e. The van der Waals surface area contributed by atoms with Gasteiger partial charge in [0.15, 0.2) is 11.6 Å². The summed E-state index contributed by atoms with van der Waals surface area (Å²) in [6.07, 6.45) is -0.0261. The monoisotopic (exact) mass is 281 g/mol. The van der Waals surface area contributed by atoms with Crippen molar-refractivity contribution in [3.63, 3.8) is 0 Å². The molecule has 108 valence electrons. The quantitative estimate of drug-likeness (QED) is 0.827. The van der Waals surface area contributed by atoms with E-state index in [1.165, 1.54) is 12.1 Å². The lowest BCUT2D eigenvalue weighted by atomic mass is 10.3. The third-order valence-corrected chi connectivity index (χ3v) is 3.17. The first-order valence-corrected chi connectivity index (χ1v) is 6.40. The molecule has 1 aromatic carbocycles. The van der Waals surface area contributed by atoms with Crippen LogP contribution in [0.2, 0.25) is 0 Å². The minimum Gasteiger partial charge on any atom is -0.486 e. The molecule has 1 aromatic rings. The van der Waals surface area contributed by atoms with Crippen molar-refractivity contribution < 1.29 is 23.8 Å². The second-order valence-electron chi connectivity index (χ2n) is 4.89. The fraction of sp³-hybridized carbons (Fsp3) is 0.429. The highest BCUT2D eigenvalue weighted by molar-refractivity contribution is 5.89. The predicted octanol–water partition coefficient (Wildman–Crippen LogP) is 1.43. The van der Waals surface area contributed by atoms with Gasteiger partial charge in [0.2, 0.25) is 5.91 Å². The van der Waals surface area contributed by atoms with Gasteiger partial charge in [-0.1, -0.05) is 12.1 Å². The van der Waals surface area contributed by atoms with Gasteiger partial charge in [-0.15, -0.1) is 0 Å². The van der Waals surface area contributed by atoms with E-state index >= 15 is 0 Å². The molecular formula is C14H16FNO4. The zero-order valence-electron chi connectivity index (χ0n) is 11.0. The van der Waals surface area contributed by atoms with Gasteiger partial charge in [-0.2, -0.15) is 0 Å². The summed E-state index contributed by atoms with van der Waals surface area (Å²) in [5, 5.41) is 11.3. The zero-order chi connectivity index (χ0) is 14.7. The predicted molar refractivity (Wildman–Crippen MR) is 68.7 cm³/mol. The summed E-state index contributed by atoms with van der Waals surface area (Å²) < 4.78 is 18.7. The number of carbonyl (C=O) groups excluding carboxylic acids is 1. The number of nitrogens with one attached hydrogen (secondary N) is 1. The van der Waals surface area contributed by atoms with Crippen molar-refractivity contribution in [1.82, 2.24) is 5.32 Å². The Labute approximate surface area is 115 Å². The maximum atomic E-state index is 13.3. The van der Waals surface area contributed by atoms with Gasteiger partial charge in [0.05, 0.1) is 18.4 Å². The van der Waals surface area contributed by atoms with Gasteiger partial charge in [0.25, 0.3) is 0 Å². The van der Waals surface area contributed by atoms with Crippen molar-refractivity contribution in [2.75, 3.05) is 6.54 Å². The largest absolute Gasteiger partial charge is 0.486 e. The Kier molecular flexibility index (Phi) is 4.22. The Balaban J connectivity index is 1.76. The number of amides is 1. The summed E-state index contributed by atoms with van der Waals surface area (Å²) in [6, 6.07) is 6.02. The molecule has 0 radical (unpaired) electrons. The minimum atomic E-state index is -0.944. The molecule has 0 spiro atoms. The summed E-state index contributed by atoms with van der Waals surface area (Å²) in [6.45, 7) is 1.91. The number of carboxylic acids is 1. The molecule has 0 unspecified atom stereocenters. The number of hydrogen-bond donors (Lipinski definition) is 2. The normalized spacial score (nSPS) is 21.9. The number of ether oxygens (including phenoxy) is 1. The van der Waals surface area contributed by atoms with Crippen LogP contribution >= 0.6 is 0 Å². The first-order chi connectivity index (χ1) is 9.49. The highest BCUT2D eigenvalue weighted by atomic mass is 19.1. The number of carboxylic acid groups (broad SMARTS) is 1. The third kappa shape index (κ3) is 3.46. The summed E-state index contributed by atoms with van der Waals surface area (Å²) in [5.74, 6) is -2.59. The van der Waals surface area contributed by atoms with Crippen molar-refractivity contribution in [3.8, 4) is 5.75 Å². The smallest absolute Gasteiger partial charge is 0.307 e. The molecule has 6 heteroatoms. The second-order valence-corrected chi connectivity index (χ2v) is 4.89.